The number of nitrogens with zero attached hydrogens (tertiary/aromatic N) is 2. The second-order valence-electron chi connectivity index (χ2n) is 3.09. The van der Waals surface area contributed by atoms with E-state index >= 15 is 0 Å². The van der Waals surface area contributed by atoms with Crippen LogP contribution in [0.15, 0.2) is 49.1 Å². The van der Waals surface area contributed by atoms with Gasteiger partial charge in [0.1, 0.15) is 0 Å². The van der Waals surface area contributed by atoms with Crippen molar-refractivity contribution in [1.82, 2.24) is 9.97 Å². The highest BCUT2D eigenvalue weighted by atomic mass is 27.0. The van der Waals surface area contributed by atoms with Crippen molar-refractivity contribution >= 4 is 29.3 Å². The first-order valence-electron chi connectivity index (χ1n) is 4.88. The first-order chi connectivity index (χ1) is 8.61. The molecule has 3 radical (unpaired) electrons. The highest BCUT2D eigenvalue weighted by molar-refractivity contribution is 5.87. The predicted molar refractivity (Wildman–Crippen MR) is 68.1 cm³/mol. The van der Waals surface area contributed by atoms with E-state index in [-0.39, 0.29) is 28.5 Å². The highest BCUT2D eigenvalue weighted by Crippen LogP contribution is 1.93. The van der Waals surface area contributed by atoms with Gasteiger partial charge in [-0.3, -0.25) is 9.97 Å². The minimum Gasteiger partial charge on any atom is -0.478 e. The van der Waals surface area contributed by atoms with Crippen LogP contribution in [0.25, 0.3) is 0 Å². The van der Waals surface area contributed by atoms with Gasteiger partial charge in [-0.2, -0.15) is 0 Å². The third kappa shape index (κ3) is 6.31. The van der Waals surface area contributed by atoms with Crippen molar-refractivity contribution in [3.05, 3.63) is 60.2 Å². The number of carbonyl (C=O) groups is 2. The Labute approximate surface area is 119 Å². The fourth-order valence-corrected chi connectivity index (χ4v) is 0.979. The summed E-state index contributed by atoms with van der Waals surface area (Å²) in [6.07, 6.45) is 5.68. The lowest BCUT2D eigenvalue weighted by atomic mass is 10.3. The average Bonchev–Trinajstić information content (AvgIpc) is 2.41. The van der Waals surface area contributed by atoms with Crippen molar-refractivity contribution in [1.29, 1.82) is 0 Å². The Morgan fingerprint density at radius 1 is 0.842 bits per heavy atom. The van der Waals surface area contributed by atoms with Gasteiger partial charge in [0, 0.05) is 42.1 Å². The Hall–Kier alpha value is -2.23. The third-order valence-electron chi connectivity index (χ3n) is 1.82. The molecule has 0 bridgehead atoms. The SMILES string of the molecule is O=C(O)c1cccnc1.O=C(O)c1cccnc1.[Al]. The Morgan fingerprint density at radius 2 is 1.21 bits per heavy atom. The summed E-state index contributed by atoms with van der Waals surface area (Å²) in [6, 6.07) is 6.16. The molecule has 0 aromatic carbocycles. The van der Waals surface area contributed by atoms with Gasteiger partial charge in [-0.15, -0.1) is 0 Å². The van der Waals surface area contributed by atoms with Gasteiger partial charge in [0.25, 0.3) is 0 Å². The van der Waals surface area contributed by atoms with Gasteiger partial charge in [0.2, 0.25) is 0 Å². The fourth-order valence-electron chi connectivity index (χ4n) is 0.979. The molecule has 0 spiro atoms. The molecule has 95 valence electrons. The number of hydrogen-bond acceptors (Lipinski definition) is 4. The van der Waals surface area contributed by atoms with Crippen LogP contribution in [0, 0.1) is 0 Å². The van der Waals surface area contributed by atoms with Crippen molar-refractivity contribution in [2.24, 2.45) is 0 Å². The molecule has 2 N–H and O–H groups in total. The molecule has 19 heavy (non-hydrogen) atoms. The Kier molecular flexibility index (Phi) is 7.77. The molecule has 2 heterocycles. The van der Waals surface area contributed by atoms with E-state index in [4.69, 9.17) is 10.2 Å². The van der Waals surface area contributed by atoms with Crippen molar-refractivity contribution in [2.75, 3.05) is 0 Å². The second kappa shape index (κ2) is 8.80. The minimum atomic E-state index is -0.942. The monoisotopic (exact) mass is 273 g/mol. The van der Waals surface area contributed by atoms with E-state index in [0.717, 1.165) is 0 Å². The van der Waals surface area contributed by atoms with E-state index in [2.05, 4.69) is 9.97 Å². The molecule has 0 fully saturated rings. The normalized spacial score (nSPS) is 8.42. The molecule has 0 saturated carbocycles. The van der Waals surface area contributed by atoms with Crippen molar-refractivity contribution in [2.45, 2.75) is 0 Å². The lowest BCUT2D eigenvalue weighted by molar-refractivity contribution is 0.0685. The van der Waals surface area contributed by atoms with E-state index in [1.165, 1.54) is 36.9 Å². The number of pyridine rings is 2. The zero-order valence-corrected chi connectivity index (χ0v) is 11.0. The molecule has 0 atom stereocenters. The summed E-state index contributed by atoms with van der Waals surface area (Å²) in [5.41, 5.74) is 0.440. The summed E-state index contributed by atoms with van der Waals surface area (Å²) in [7, 11) is 0. The predicted octanol–water partition coefficient (Wildman–Crippen LogP) is 1.18. The maximum absolute atomic E-state index is 10.2. The topological polar surface area (TPSA) is 100 Å². The van der Waals surface area contributed by atoms with Crippen molar-refractivity contribution in [3.63, 3.8) is 0 Å². The summed E-state index contributed by atoms with van der Waals surface area (Å²) in [5, 5.41) is 16.7. The van der Waals surface area contributed by atoms with E-state index in [1.54, 1.807) is 12.1 Å². The molecule has 2 rings (SSSR count). The molecule has 0 saturated heterocycles. The Balaban J connectivity index is 0.000000324. The van der Waals surface area contributed by atoms with Crippen molar-refractivity contribution < 1.29 is 19.8 Å². The molecule has 0 amide bonds. The van der Waals surface area contributed by atoms with Crippen LogP contribution in [0.2, 0.25) is 0 Å². The van der Waals surface area contributed by atoms with Crippen LogP contribution < -0.4 is 0 Å². The molecule has 2 aromatic heterocycles. The maximum Gasteiger partial charge on any atom is 0.337 e. The highest BCUT2D eigenvalue weighted by Gasteiger charge is 1.98. The Morgan fingerprint density at radius 3 is 1.37 bits per heavy atom. The third-order valence-corrected chi connectivity index (χ3v) is 1.82. The molecule has 2 aromatic rings. The average molecular weight is 273 g/mol. The van der Waals surface area contributed by atoms with Crippen LogP contribution in [0.1, 0.15) is 20.7 Å². The van der Waals surface area contributed by atoms with E-state index in [1.807, 2.05) is 0 Å². The molecular weight excluding hydrogens is 263 g/mol. The quantitative estimate of drug-likeness (QED) is 0.797. The number of aromatic nitrogens is 2. The number of carboxylic acid groups (broad SMARTS) is 2. The lowest BCUT2D eigenvalue weighted by Crippen LogP contribution is -1.94. The lowest BCUT2D eigenvalue weighted by Gasteiger charge is -1.87. The minimum absolute atomic E-state index is 0. The molecular formula is C12H10AlN2O4. The van der Waals surface area contributed by atoms with Gasteiger partial charge in [-0.05, 0) is 24.3 Å². The molecule has 0 unspecified atom stereocenters. The largest absolute Gasteiger partial charge is 0.478 e. The summed E-state index contributed by atoms with van der Waals surface area (Å²) < 4.78 is 0. The summed E-state index contributed by atoms with van der Waals surface area (Å²) in [5.74, 6) is -1.88. The van der Waals surface area contributed by atoms with Gasteiger partial charge in [-0.25, -0.2) is 9.59 Å². The van der Waals surface area contributed by atoms with Crippen LogP contribution in [0.3, 0.4) is 0 Å². The number of carboxylic acids is 2. The molecule has 0 aliphatic heterocycles. The van der Waals surface area contributed by atoms with Gasteiger partial charge in [-0.1, -0.05) is 0 Å². The van der Waals surface area contributed by atoms with Crippen LogP contribution in [-0.4, -0.2) is 49.5 Å². The summed E-state index contributed by atoms with van der Waals surface area (Å²) in [4.78, 5) is 27.6. The van der Waals surface area contributed by atoms with Crippen LogP contribution in [0.5, 0.6) is 0 Å². The Bertz CT molecular complexity index is 470. The van der Waals surface area contributed by atoms with Gasteiger partial charge < -0.3 is 10.2 Å². The summed E-state index contributed by atoms with van der Waals surface area (Å²) >= 11 is 0. The van der Waals surface area contributed by atoms with E-state index in [9.17, 15) is 9.59 Å². The number of rotatable bonds is 2. The molecule has 0 aliphatic carbocycles. The van der Waals surface area contributed by atoms with Crippen LogP contribution in [-0.2, 0) is 0 Å². The zero-order valence-electron chi connectivity index (χ0n) is 9.80. The standard InChI is InChI=1S/2C6H5NO2.Al/c2*8-6(9)5-2-1-3-7-4-5;/h2*1-4H,(H,8,9);. The van der Waals surface area contributed by atoms with E-state index in [0.29, 0.717) is 0 Å². The van der Waals surface area contributed by atoms with Gasteiger partial charge in [0.15, 0.2) is 0 Å². The molecule has 6 nitrogen and oxygen atoms in total. The number of hydrogen-bond donors (Lipinski definition) is 2. The van der Waals surface area contributed by atoms with Gasteiger partial charge >= 0.3 is 11.9 Å². The molecule has 7 heteroatoms. The van der Waals surface area contributed by atoms with Crippen LogP contribution in [0.4, 0.5) is 0 Å². The van der Waals surface area contributed by atoms with E-state index < -0.39 is 11.9 Å². The second-order valence-corrected chi connectivity index (χ2v) is 3.09. The van der Waals surface area contributed by atoms with Gasteiger partial charge in [0.05, 0.1) is 11.1 Å². The fraction of sp³-hybridized carbons (Fsp3) is 0. The number of aromatic carboxylic acids is 2. The molecule has 0 aliphatic rings. The summed E-state index contributed by atoms with van der Waals surface area (Å²) in [6.45, 7) is 0. The zero-order chi connectivity index (χ0) is 13.4. The first-order valence-corrected chi connectivity index (χ1v) is 4.88. The first kappa shape index (κ1) is 16.8. The maximum atomic E-state index is 10.2. The smallest absolute Gasteiger partial charge is 0.337 e. The van der Waals surface area contributed by atoms with Crippen molar-refractivity contribution in [3.8, 4) is 0 Å². The van der Waals surface area contributed by atoms with Crippen LogP contribution >= 0.6 is 0 Å².